The number of rotatable bonds is 6. The highest BCUT2D eigenvalue weighted by Gasteiger charge is 2.28. The third kappa shape index (κ3) is 6.49. The first-order valence-electron chi connectivity index (χ1n) is 24.8. The summed E-state index contributed by atoms with van der Waals surface area (Å²) < 4.78 is 6.87. The maximum Gasteiger partial charge on any atom is 0.235 e. The lowest BCUT2D eigenvalue weighted by Crippen LogP contribution is -2.36. The molecule has 0 saturated carbocycles. The van der Waals surface area contributed by atoms with Crippen LogP contribution in [0.3, 0.4) is 0 Å². The molecule has 4 aromatic heterocycles. The van der Waals surface area contributed by atoms with Crippen LogP contribution < -0.4 is 5.32 Å². The lowest BCUT2D eigenvalue weighted by molar-refractivity contribution is 0.731. The Kier molecular flexibility index (Phi) is 9.19. The summed E-state index contributed by atoms with van der Waals surface area (Å²) in [7, 11) is 0. The molecule has 7 nitrogen and oxygen atoms in total. The Morgan fingerprint density at radius 3 is 1.78 bits per heavy atom. The van der Waals surface area contributed by atoms with Crippen molar-refractivity contribution in [3.8, 4) is 45.3 Å². The highest BCUT2D eigenvalue weighted by atomic mass is 15.2. The minimum Gasteiger partial charge on any atom is -0.344 e. The molecule has 0 amide bonds. The Morgan fingerprint density at radius 1 is 0.397 bits per heavy atom. The summed E-state index contributed by atoms with van der Waals surface area (Å²) in [4.78, 5) is 16.4. The highest BCUT2D eigenvalue weighted by Crippen LogP contribution is 2.43. The van der Waals surface area contributed by atoms with E-state index < -0.39 is 0 Å². The van der Waals surface area contributed by atoms with Crippen LogP contribution in [0.25, 0.3) is 111 Å². The Hall–Kier alpha value is -9.85. The van der Waals surface area contributed by atoms with Gasteiger partial charge in [-0.2, -0.15) is 0 Å². The molecular formula is C66H43N7. The van der Waals surface area contributed by atoms with Crippen LogP contribution in [0.1, 0.15) is 17.2 Å². The molecule has 0 aliphatic carbocycles. The zero-order chi connectivity index (χ0) is 48.0. The number of fused-ring (bicyclic) bond motifs is 10. The Labute approximate surface area is 420 Å². The molecule has 14 aromatic rings. The van der Waals surface area contributed by atoms with Gasteiger partial charge < -0.3 is 9.88 Å². The van der Waals surface area contributed by atoms with Crippen LogP contribution in [0.2, 0.25) is 0 Å². The van der Waals surface area contributed by atoms with Gasteiger partial charge in [0.15, 0.2) is 0 Å². The molecule has 0 radical (unpaired) electrons. The summed E-state index contributed by atoms with van der Waals surface area (Å²) >= 11 is 0. The van der Waals surface area contributed by atoms with Gasteiger partial charge in [0.25, 0.3) is 0 Å². The normalized spacial score (nSPS) is 13.5. The van der Waals surface area contributed by atoms with Crippen molar-refractivity contribution < 1.29 is 0 Å². The minimum atomic E-state index is -0.0645. The molecule has 342 valence electrons. The van der Waals surface area contributed by atoms with E-state index in [9.17, 15) is 0 Å². The summed E-state index contributed by atoms with van der Waals surface area (Å²) in [5, 5.41) is 10.9. The van der Waals surface area contributed by atoms with Crippen LogP contribution in [-0.4, -0.2) is 29.6 Å². The van der Waals surface area contributed by atoms with Crippen molar-refractivity contribution in [2.75, 3.05) is 0 Å². The van der Waals surface area contributed by atoms with Crippen molar-refractivity contribution in [3.05, 3.63) is 260 Å². The maximum atomic E-state index is 5.56. The molecule has 7 heteroatoms. The predicted octanol–water partition coefficient (Wildman–Crippen LogP) is 16.0. The first kappa shape index (κ1) is 41.0. The van der Waals surface area contributed by atoms with Crippen molar-refractivity contribution in [1.29, 1.82) is 0 Å². The molecule has 73 heavy (non-hydrogen) atoms. The predicted molar refractivity (Wildman–Crippen MR) is 300 cm³/mol. The third-order valence-electron chi connectivity index (χ3n) is 14.7. The Bertz CT molecular complexity index is 4510. The Balaban J connectivity index is 0.924. The van der Waals surface area contributed by atoms with Crippen LogP contribution in [-0.2, 0) is 0 Å². The molecule has 0 spiro atoms. The summed E-state index contributed by atoms with van der Waals surface area (Å²) in [6.07, 6.45) is 0. The van der Waals surface area contributed by atoms with Gasteiger partial charge in [-0.05, 0) is 93.7 Å². The summed E-state index contributed by atoms with van der Waals surface area (Å²) in [6.45, 7) is 0. The van der Waals surface area contributed by atoms with E-state index >= 15 is 0 Å². The topological polar surface area (TPSA) is 65.0 Å². The first-order valence-corrected chi connectivity index (χ1v) is 24.8. The van der Waals surface area contributed by atoms with Crippen molar-refractivity contribution in [2.45, 2.75) is 6.04 Å². The average molecular weight is 934 g/mol. The van der Waals surface area contributed by atoms with Gasteiger partial charge in [-0.1, -0.05) is 188 Å². The van der Waals surface area contributed by atoms with Gasteiger partial charge in [0.05, 0.1) is 50.5 Å². The zero-order valence-electron chi connectivity index (χ0n) is 39.4. The second-order valence-corrected chi connectivity index (χ2v) is 18.9. The number of nitrogens with zero attached hydrogens (tertiary/aromatic N) is 6. The average Bonchev–Trinajstić information content (AvgIpc) is 4.13. The molecule has 0 saturated heterocycles. The van der Waals surface area contributed by atoms with Crippen molar-refractivity contribution in [2.24, 2.45) is 4.99 Å². The van der Waals surface area contributed by atoms with E-state index in [2.05, 4.69) is 268 Å². The second-order valence-electron chi connectivity index (χ2n) is 18.9. The van der Waals surface area contributed by atoms with E-state index in [1.165, 1.54) is 27.1 Å². The molecule has 0 bridgehead atoms. The van der Waals surface area contributed by atoms with Gasteiger partial charge in [-0.15, -0.1) is 0 Å². The molecule has 5 heterocycles. The number of benzene rings is 10. The van der Waals surface area contributed by atoms with Crippen LogP contribution in [0.15, 0.2) is 254 Å². The number of nitrogens with one attached hydrogen (secondary N) is 1. The number of aliphatic imine (C=N–C) groups is 1. The molecule has 15 rings (SSSR count). The van der Waals surface area contributed by atoms with Crippen LogP contribution in [0, 0.1) is 0 Å². The van der Waals surface area contributed by atoms with Crippen molar-refractivity contribution in [1.82, 2.24) is 29.0 Å². The fourth-order valence-electron chi connectivity index (χ4n) is 11.4. The van der Waals surface area contributed by atoms with E-state index in [1.807, 2.05) is 0 Å². The standard InChI is InChI=1S/C66H43N7/c1-5-20-43(21-6-1)60-41-55-64(71(60)48-26-11-4-12-27-48)63(45-24-9-3-10-25-45)70-66(68-55)72-56-32-18-16-29-50(56)52-39-46(34-36-57(52)72)47-35-37-58-53(40-47)61-49-28-14-13-19-42(49)33-38-59(61)73(58)65-67-54-31-17-15-30-51(54)62(69-65)44-22-7-2-8-23-44/h1-41,62H,(H,67,69). The molecule has 1 aliphatic heterocycles. The van der Waals surface area contributed by atoms with Gasteiger partial charge in [-0.25, -0.2) is 15.0 Å². The summed E-state index contributed by atoms with van der Waals surface area (Å²) in [6, 6.07) is 88.5. The molecule has 1 atom stereocenters. The summed E-state index contributed by atoms with van der Waals surface area (Å²) in [5.74, 6) is 1.42. The summed E-state index contributed by atoms with van der Waals surface area (Å²) in [5.41, 5.74) is 16.7. The molecule has 1 N–H and O–H groups in total. The van der Waals surface area contributed by atoms with Gasteiger partial charge in [-0.3, -0.25) is 9.13 Å². The van der Waals surface area contributed by atoms with Crippen molar-refractivity contribution in [3.63, 3.8) is 0 Å². The van der Waals surface area contributed by atoms with Gasteiger partial charge in [0.1, 0.15) is 5.69 Å². The van der Waals surface area contributed by atoms with Crippen LogP contribution in [0.5, 0.6) is 0 Å². The smallest absolute Gasteiger partial charge is 0.235 e. The van der Waals surface area contributed by atoms with E-state index in [1.54, 1.807) is 0 Å². The fourth-order valence-corrected chi connectivity index (χ4v) is 11.4. The van der Waals surface area contributed by atoms with E-state index in [0.717, 1.165) is 100 Å². The van der Waals surface area contributed by atoms with Gasteiger partial charge in [0, 0.05) is 38.4 Å². The van der Waals surface area contributed by atoms with Crippen LogP contribution >= 0.6 is 0 Å². The van der Waals surface area contributed by atoms with E-state index in [0.29, 0.717) is 5.95 Å². The third-order valence-corrected chi connectivity index (χ3v) is 14.7. The van der Waals surface area contributed by atoms with Gasteiger partial charge >= 0.3 is 0 Å². The zero-order valence-corrected chi connectivity index (χ0v) is 39.4. The lowest BCUT2D eigenvalue weighted by Gasteiger charge is -2.28. The molecular weight excluding hydrogens is 891 g/mol. The molecule has 10 aromatic carbocycles. The molecule has 1 aliphatic rings. The van der Waals surface area contributed by atoms with Crippen molar-refractivity contribution >= 4 is 77.1 Å². The van der Waals surface area contributed by atoms with Gasteiger partial charge in [0.2, 0.25) is 11.9 Å². The number of para-hydroxylation sites is 3. The monoisotopic (exact) mass is 933 g/mol. The number of hydrogen-bond donors (Lipinski definition) is 1. The first-order chi connectivity index (χ1) is 36.2. The number of hydrogen-bond acceptors (Lipinski definition) is 4. The molecule has 1 unspecified atom stereocenters. The quantitative estimate of drug-likeness (QED) is 0.181. The SMILES string of the molecule is c1ccc(-c2nc(-n3c4ccccc4c4cc(-c5ccc6c(c5)c5c7ccccc7ccc5n6C5=Nc6ccccc6C(c6ccccc6)N5)ccc43)nc3cc(-c4ccccc4)n(-c4ccccc4)c23)cc1. The molecule has 0 fully saturated rings. The maximum absolute atomic E-state index is 5.56. The number of aromatic nitrogens is 5. The van der Waals surface area contributed by atoms with E-state index in [-0.39, 0.29) is 6.04 Å². The van der Waals surface area contributed by atoms with E-state index in [4.69, 9.17) is 15.0 Å². The highest BCUT2D eigenvalue weighted by molar-refractivity contribution is 6.24. The lowest BCUT2D eigenvalue weighted by atomic mass is 9.96. The Morgan fingerprint density at radius 2 is 1.00 bits per heavy atom. The minimum absolute atomic E-state index is 0.0645. The largest absolute Gasteiger partial charge is 0.344 e. The van der Waals surface area contributed by atoms with Crippen LogP contribution in [0.4, 0.5) is 5.69 Å². The second kappa shape index (κ2) is 16.4. The fraction of sp³-hybridized carbons (Fsp3) is 0.0152.